The van der Waals surface area contributed by atoms with E-state index in [9.17, 15) is 13.9 Å². The summed E-state index contributed by atoms with van der Waals surface area (Å²) < 4.78 is 31.7. The molecule has 2 N–H and O–H groups in total. The van der Waals surface area contributed by atoms with Gasteiger partial charge in [0.2, 0.25) is 0 Å². The van der Waals surface area contributed by atoms with Gasteiger partial charge in [0.1, 0.15) is 5.82 Å². The third-order valence-corrected chi connectivity index (χ3v) is 2.64. The van der Waals surface area contributed by atoms with Crippen molar-refractivity contribution < 1.29 is 23.7 Å². The Morgan fingerprint density at radius 3 is 2.47 bits per heavy atom. The lowest BCUT2D eigenvalue weighted by molar-refractivity contribution is 0.0364. The molecule has 0 heterocycles. The van der Waals surface area contributed by atoms with Gasteiger partial charge in [-0.2, -0.15) is 0 Å². The zero-order chi connectivity index (χ0) is 13.1. The largest absolute Gasteiger partial charge is 0.494 e. The average molecular weight is 246 g/mol. The highest BCUT2D eigenvalue weighted by Gasteiger charge is 2.27. The maximum Gasteiger partial charge on any atom is 0.165 e. The minimum absolute atomic E-state index is 0.115. The molecule has 0 fully saturated rings. The normalized spacial score (nSPS) is 14.5. The van der Waals surface area contributed by atoms with E-state index >= 15 is 0 Å². The summed E-state index contributed by atoms with van der Waals surface area (Å²) in [4.78, 5) is 0. The van der Waals surface area contributed by atoms with Crippen LogP contribution in [0.2, 0.25) is 0 Å². The molecule has 1 rings (SSSR count). The Morgan fingerprint density at radius 1 is 1.29 bits per heavy atom. The van der Waals surface area contributed by atoms with Gasteiger partial charge in [-0.15, -0.1) is 0 Å². The molecule has 1 aromatic rings. The third-order valence-electron chi connectivity index (χ3n) is 2.64. The van der Waals surface area contributed by atoms with E-state index < -0.39 is 17.2 Å². The number of hydrogen-bond acceptors (Lipinski definition) is 3. The van der Waals surface area contributed by atoms with Crippen molar-refractivity contribution in [2.24, 2.45) is 0 Å². The quantitative estimate of drug-likeness (QED) is 0.835. The van der Waals surface area contributed by atoms with Gasteiger partial charge in [-0.05, 0) is 25.8 Å². The molecule has 1 unspecified atom stereocenters. The number of hydrogen-bond donors (Lipinski definition) is 2. The van der Waals surface area contributed by atoms with Crippen LogP contribution in [0.4, 0.5) is 8.78 Å². The summed E-state index contributed by atoms with van der Waals surface area (Å²) in [6, 6.07) is 1.82. The molecule has 96 valence electrons. The van der Waals surface area contributed by atoms with Gasteiger partial charge in [0.05, 0.1) is 12.7 Å². The number of rotatable bonds is 5. The van der Waals surface area contributed by atoms with E-state index in [0.717, 1.165) is 12.1 Å². The monoisotopic (exact) mass is 246 g/mol. The van der Waals surface area contributed by atoms with E-state index in [1.54, 1.807) is 0 Å². The third kappa shape index (κ3) is 3.14. The average Bonchev–Trinajstić information content (AvgIpc) is 2.28. The molecule has 0 aliphatic heterocycles. The van der Waals surface area contributed by atoms with E-state index in [0.29, 0.717) is 6.42 Å². The summed E-state index contributed by atoms with van der Waals surface area (Å²) in [5.74, 6) is -1.66. The first-order valence-corrected chi connectivity index (χ1v) is 5.29. The van der Waals surface area contributed by atoms with Crippen LogP contribution in [0.15, 0.2) is 12.1 Å². The molecule has 0 spiro atoms. The standard InChI is InChI=1S/C12H16F2O3/c1-12(16,4-3-5-15)8-6-10(14)11(17-2)7-9(8)13/h6-7,15-16H,3-5H2,1-2H3. The van der Waals surface area contributed by atoms with Gasteiger partial charge in [-0.25, -0.2) is 8.78 Å². The fourth-order valence-corrected chi connectivity index (χ4v) is 1.66. The predicted molar refractivity (Wildman–Crippen MR) is 58.8 cm³/mol. The van der Waals surface area contributed by atoms with Crippen molar-refractivity contribution in [3.63, 3.8) is 0 Å². The van der Waals surface area contributed by atoms with E-state index in [-0.39, 0.29) is 24.3 Å². The Morgan fingerprint density at radius 2 is 1.94 bits per heavy atom. The first kappa shape index (κ1) is 13.9. The first-order chi connectivity index (χ1) is 7.92. The second kappa shape index (κ2) is 5.42. The van der Waals surface area contributed by atoms with E-state index in [4.69, 9.17) is 5.11 Å². The van der Waals surface area contributed by atoms with E-state index in [2.05, 4.69) is 4.74 Å². The van der Waals surface area contributed by atoms with Crippen LogP contribution in [0, 0.1) is 11.6 Å². The zero-order valence-corrected chi connectivity index (χ0v) is 9.83. The molecule has 1 atom stereocenters. The van der Waals surface area contributed by atoms with Crippen molar-refractivity contribution >= 4 is 0 Å². The number of methoxy groups -OCH3 is 1. The van der Waals surface area contributed by atoms with E-state index in [1.165, 1.54) is 14.0 Å². The maximum absolute atomic E-state index is 13.7. The van der Waals surface area contributed by atoms with Crippen LogP contribution in [-0.4, -0.2) is 23.9 Å². The summed E-state index contributed by atoms with van der Waals surface area (Å²) in [6.07, 6.45) is 0.451. The maximum atomic E-state index is 13.7. The minimum Gasteiger partial charge on any atom is -0.494 e. The van der Waals surface area contributed by atoms with Crippen LogP contribution >= 0.6 is 0 Å². The van der Waals surface area contributed by atoms with Crippen LogP contribution in [0.1, 0.15) is 25.3 Å². The van der Waals surface area contributed by atoms with Gasteiger partial charge in [-0.1, -0.05) is 0 Å². The van der Waals surface area contributed by atoms with Crippen LogP contribution in [0.5, 0.6) is 5.75 Å². The number of ether oxygens (including phenoxy) is 1. The second-order valence-electron chi connectivity index (χ2n) is 4.07. The Labute approximate surface area is 98.7 Å². The molecular formula is C12H16F2O3. The lowest BCUT2D eigenvalue weighted by atomic mass is 9.90. The molecule has 0 aromatic heterocycles. The molecule has 17 heavy (non-hydrogen) atoms. The molecule has 3 nitrogen and oxygen atoms in total. The summed E-state index contributed by atoms with van der Waals surface area (Å²) in [5, 5.41) is 18.7. The fraction of sp³-hybridized carbons (Fsp3) is 0.500. The van der Waals surface area contributed by atoms with Crippen LogP contribution in [-0.2, 0) is 5.60 Å². The number of benzene rings is 1. The lowest BCUT2D eigenvalue weighted by Gasteiger charge is -2.24. The molecule has 0 aliphatic carbocycles. The summed E-state index contributed by atoms with van der Waals surface area (Å²) in [6.45, 7) is 1.27. The zero-order valence-electron chi connectivity index (χ0n) is 9.83. The van der Waals surface area contributed by atoms with Crippen molar-refractivity contribution in [3.8, 4) is 5.75 Å². The number of halogens is 2. The molecule has 1 aromatic carbocycles. The van der Waals surface area contributed by atoms with Gasteiger partial charge in [0, 0.05) is 18.2 Å². The van der Waals surface area contributed by atoms with Crippen LogP contribution < -0.4 is 4.74 Å². The Balaban J connectivity index is 3.09. The molecule has 0 amide bonds. The van der Waals surface area contributed by atoms with Crippen LogP contribution in [0.25, 0.3) is 0 Å². The molecule has 0 saturated carbocycles. The van der Waals surface area contributed by atoms with Gasteiger partial charge in [0.25, 0.3) is 0 Å². The van der Waals surface area contributed by atoms with Crippen molar-refractivity contribution in [3.05, 3.63) is 29.3 Å². The van der Waals surface area contributed by atoms with Gasteiger partial charge >= 0.3 is 0 Å². The smallest absolute Gasteiger partial charge is 0.165 e. The Hall–Kier alpha value is -1.20. The Bertz CT molecular complexity index is 392. The highest BCUT2D eigenvalue weighted by atomic mass is 19.1. The first-order valence-electron chi connectivity index (χ1n) is 5.29. The van der Waals surface area contributed by atoms with Crippen molar-refractivity contribution in [1.82, 2.24) is 0 Å². The van der Waals surface area contributed by atoms with Crippen molar-refractivity contribution in [2.75, 3.05) is 13.7 Å². The molecule has 0 aliphatic rings. The second-order valence-corrected chi connectivity index (χ2v) is 4.07. The summed E-state index contributed by atoms with van der Waals surface area (Å²) in [5.41, 5.74) is -1.65. The van der Waals surface area contributed by atoms with Gasteiger partial charge in [-0.3, -0.25) is 0 Å². The number of aliphatic hydroxyl groups excluding tert-OH is 1. The van der Waals surface area contributed by atoms with Gasteiger partial charge < -0.3 is 14.9 Å². The van der Waals surface area contributed by atoms with Crippen molar-refractivity contribution in [2.45, 2.75) is 25.4 Å². The van der Waals surface area contributed by atoms with Crippen molar-refractivity contribution in [1.29, 1.82) is 0 Å². The van der Waals surface area contributed by atoms with Gasteiger partial charge in [0.15, 0.2) is 11.6 Å². The molecule has 0 saturated heterocycles. The molecule has 0 bridgehead atoms. The molecule has 0 radical (unpaired) electrons. The summed E-state index contributed by atoms with van der Waals surface area (Å²) >= 11 is 0. The highest BCUT2D eigenvalue weighted by molar-refractivity contribution is 5.33. The predicted octanol–water partition coefficient (Wildman–Crippen LogP) is 1.95. The number of aliphatic hydroxyl groups is 2. The van der Waals surface area contributed by atoms with Crippen LogP contribution in [0.3, 0.4) is 0 Å². The van der Waals surface area contributed by atoms with E-state index in [1.807, 2.05) is 0 Å². The lowest BCUT2D eigenvalue weighted by Crippen LogP contribution is -2.23. The fourth-order valence-electron chi connectivity index (χ4n) is 1.66. The topological polar surface area (TPSA) is 49.7 Å². The highest BCUT2D eigenvalue weighted by Crippen LogP contribution is 2.31. The SMILES string of the molecule is COc1cc(F)c(C(C)(O)CCCO)cc1F. The Kier molecular flexibility index (Phi) is 4.42. The molecular weight excluding hydrogens is 230 g/mol. The summed E-state index contributed by atoms with van der Waals surface area (Å²) in [7, 11) is 1.24. The molecule has 5 heteroatoms. The minimum atomic E-state index is -1.51.